The Morgan fingerprint density at radius 1 is 1.35 bits per heavy atom. The molecule has 3 heterocycles. The zero-order chi connectivity index (χ0) is 14.1. The molecule has 1 atom stereocenters. The number of rotatable bonds is 4. The molecule has 0 saturated heterocycles. The number of hydrogen-bond donors (Lipinski definition) is 2. The fourth-order valence-corrected chi connectivity index (χ4v) is 3.02. The number of aromatic nitrogens is 4. The number of H-pyrrole nitrogens is 1. The summed E-state index contributed by atoms with van der Waals surface area (Å²) >= 11 is 1.71. The standard InChI is InChI=1S/C13H15N5OS/c1-8(2)12(9-4-3-7-20-9)14-10-5-6-11-15-16-13(19)18(11)17-10/h3-8,12H,1-2H3,(H,14,17)(H,16,19). The molecule has 0 fully saturated rings. The predicted molar refractivity (Wildman–Crippen MR) is 79.1 cm³/mol. The zero-order valence-corrected chi connectivity index (χ0v) is 12.0. The Morgan fingerprint density at radius 3 is 2.90 bits per heavy atom. The van der Waals surface area contributed by atoms with Gasteiger partial charge in [-0.3, -0.25) is 0 Å². The minimum atomic E-state index is -0.333. The topological polar surface area (TPSA) is 75.1 Å². The lowest BCUT2D eigenvalue weighted by atomic mass is 10.0. The lowest BCUT2D eigenvalue weighted by Crippen LogP contribution is -2.19. The zero-order valence-electron chi connectivity index (χ0n) is 11.2. The molecule has 1 unspecified atom stereocenters. The molecule has 3 aromatic rings. The van der Waals surface area contributed by atoms with Gasteiger partial charge in [-0.25, -0.2) is 9.89 Å². The lowest BCUT2D eigenvalue weighted by Gasteiger charge is -2.21. The van der Waals surface area contributed by atoms with Crippen molar-refractivity contribution in [2.75, 3.05) is 5.32 Å². The minimum absolute atomic E-state index is 0.169. The van der Waals surface area contributed by atoms with Crippen LogP contribution in [0, 0.1) is 5.92 Å². The first-order valence-corrected chi connectivity index (χ1v) is 7.27. The summed E-state index contributed by atoms with van der Waals surface area (Å²) in [6.07, 6.45) is 0. The summed E-state index contributed by atoms with van der Waals surface area (Å²) in [6, 6.07) is 7.90. The number of thiophene rings is 1. The van der Waals surface area contributed by atoms with Crippen LogP contribution in [-0.2, 0) is 0 Å². The van der Waals surface area contributed by atoms with Gasteiger partial charge in [0.15, 0.2) is 5.65 Å². The van der Waals surface area contributed by atoms with Crippen LogP contribution in [0.1, 0.15) is 24.8 Å². The molecule has 3 aromatic heterocycles. The van der Waals surface area contributed by atoms with E-state index in [4.69, 9.17) is 0 Å². The Morgan fingerprint density at radius 2 is 2.20 bits per heavy atom. The maximum atomic E-state index is 11.5. The summed E-state index contributed by atoms with van der Waals surface area (Å²) in [5, 5.41) is 16.0. The van der Waals surface area contributed by atoms with Crippen molar-refractivity contribution in [1.82, 2.24) is 19.8 Å². The predicted octanol–water partition coefficient (Wildman–Crippen LogP) is 2.29. The van der Waals surface area contributed by atoms with Crippen LogP contribution in [0.3, 0.4) is 0 Å². The van der Waals surface area contributed by atoms with Gasteiger partial charge in [0.05, 0.1) is 6.04 Å². The van der Waals surface area contributed by atoms with Crippen LogP contribution < -0.4 is 11.0 Å². The molecule has 0 bridgehead atoms. The number of nitrogens with one attached hydrogen (secondary N) is 2. The van der Waals surface area contributed by atoms with Gasteiger partial charge in [0.1, 0.15) is 5.82 Å². The van der Waals surface area contributed by atoms with Gasteiger partial charge in [-0.05, 0) is 29.5 Å². The summed E-state index contributed by atoms with van der Waals surface area (Å²) in [5.41, 5.74) is 0.179. The molecule has 6 nitrogen and oxygen atoms in total. The van der Waals surface area contributed by atoms with E-state index in [2.05, 4.69) is 45.9 Å². The Kier molecular flexibility index (Phi) is 3.27. The van der Waals surface area contributed by atoms with E-state index in [1.165, 1.54) is 9.39 Å². The Labute approximate surface area is 119 Å². The first-order valence-electron chi connectivity index (χ1n) is 6.39. The van der Waals surface area contributed by atoms with Gasteiger partial charge in [0.25, 0.3) is 0 Å². The van der Waals surface area contributed by atoms with Crippen molar-refractivity contribution in [3.05, 3.63) is 45.0 Å². The molecule has 0 radical (unpaired) electrons. The van der Waals surface area contributed by atoms with Crippen LogP contribution in [0.2, 0.25) is 0 Å². The molecule has 0 aliphatic carbocycles. The van der Waals surface area contributed by atoms with Gasteiger partial charge in [0.2, 0.25) is 0 Å². The highest BCUT2D eigenvalue weighted by molar-refractivity contribution is 7.10. The van der Waals surface area contributed by atoms with Gasteiger partial charge in [-0.2, -0.15) is 9.61 Å². The van der Waals surface area contributed by atoms with E-state index < -0.39 is 0 Å². The van der Waals surface area contributed by atoms with Crippen molar-refractivity contribution in [3.8, 4) is 0 Å². The van der Waals surface area contributed by atoms with Crippen molar-refractivity contribution in [1.29, 1.82) is 0 Å². The van der Waals surface area contributed by atoms with E-state index in [1.54, 1.807) is 17.4 Å². The van der Waals surface area contributed by atoms with Crippen LogP contribution in [0.15, 0.2) is 34.4 Å². The van der Waals surface area contributed by atoms with Gasteiger partial charge in [-0.15, -0.1) is 16.4 Å². The number of nitrogens with zero attached hydrogens (tertiary/aromatic N) is 3. The van der Waals surface area contributed by atoms with Crippen molar-refractivity contribution in [2.45, 2.75) is 19.9 Å². The highest BCUT2D eigenvalue weighted by atomic mass is 32.1. The molecule has 0 saturated carbocycles. The average Bonchev–Trinajstić information content (AvgIpc) is 3.06. The van der Waals surface area contributed by atoms with Gasteiger partial charge >= 0.3 is 5.69 Å². The summed E-state index contributed by atoms with van der Waals surface area (Å²) in [4.78, 5) is 12.8. The van der Waals surface area contributed by atoms with E-state index in [-0.39, 0.29) is 11.7 Å². The third kappa shape index (κ3) is 2.32. The molecular formula is C13H15N5OS. The van der Waals surface area contributed by atoms with Crippen LogP contribution in [0.5, 0.6) is 0 Å². The van der Waals surface area contributed by atoms with E-state index in [1.807, 2.05) is 12.1 Å². The van der Waals surface area contributed by atoms with Crippen molar-refractivity contribution in [2.24, 2.45) is 5.92 Å². The van der Waals surface area contributed by atoms with Crippen LogP contribution in [0.25, 0.3) is 5.65 Å². The van der Waals surface area contributed by atoms with E-state index in [9.17, 15) is 4.79 Å². The third-order valence-electron chi connectivity index (χ3n) is 3.09. The van der Waals surface area contributed by atoms with Crippen molar-refractivity contribution >= 4 is 22.8 Å². The average molecular weight is 289 g/mol. The van der Waals surface area contributed by atoms with Gasteiger partial charge in [-0.1, -0.05) is 19.9 Å². The quantitative estimate of drug-likeness (QED) is 0.772. The van der Waals surface area contributed by atoms with Gasteiger partial charge in [0, 0.05) is 4.88 Å². The molecule has 0 aliphatic heterocycles. The molecule has 0 aliphatic rings. The van der Waals surface area contributed by atoms with Gasteiger partial charge < -0.3 is 5.32 Å². The highest BCUT2D eigenvalue weighted by Gasteiger charge is 2.17. The largest absolute Gasteiger partial charge is 0.364 e. The lowest BCUT2D eigenvalue weighted by molar-refractivity contribution is 0.550. The van der Waals surface area contributed by atoms with Crippen molar-refractivity contribution in [3.63, 3.8) is 0 Å². The molecule has 0 aromatic carbocycles. The monoisotopic (exact) mass is 289 g/mol. The van der Waals surface area contributed by atoms with Crippen LogP contribution >= 0.6 is 11.3 Å². The second kappa shape index (κ2) is 5.09. The Balaban J connectivity index is 1.94. The second-order valence-electron chi connectivity index (χ2n) is 4.90. The summed E-state index contributed by atoms with van der Waals surface area (Å²) in [5.74, 6) is 1.07. The third-order valence-corrected chi connectivity index (χ3v) is 4.05. The molecule has 104 valence electrons. The first kappa shape index (κ1) is 12.9. The number of aromatic amines is 1. The highest BCUT2D eigenvalue weighted by Crippen LogP contribution is 2.28. The summed E-state index contributed by atoms with van der Waals surface area (Å²) < 4.78 is 1.26. The fraction of sp³-hybridized carbons (Fsp3) is 0.308. The van der Waals surface area contributed by atoms with Crippen LogP contribution in [0.4, 0.5) is 5.82 Å². The van der Waals surface area contributed by atoms with E-state index in [0.717, 1.165) is 0 Å². The number of anilines is 1. The molecule has 0 amide bonds. The minimum Gasteiger partial charge on any atom is -0.361 e. The Hall–Kier alpha value is -2.15. The molecule has 2 N–H and O–H groups in total. The van der Waals surface area contributed by atoms with E-state index in [0.29, 0.717) is 17.4 Å². The maximum absolute atomic E-state index is 11.5. The van der Waals surface area contributed by atoms with E-state index >= 15 is 0 Å². The maximum Gasteiger partial charge on any atom is 0.364 e. The van der Waals surface area contributed by atoms with Crippen LogP contribution in [-0.4, -0.2) is 19.8 Å². The molecule has 20 heavy (non-hydrogen) atoms. The molecule has 3 rings (SSSR count). The summed E-state index contributed by atoms with van der Waals surface area (Å²) in [6.45, 7) is 4.31. The SMILES string of the molecule is CC(C)C(Nc1ccc2n[nH]c(=O)n2n1)c1cccs1. The summed E-state index contributed by atoms with van der Waals surface area (Å²) in [7, 11) is 0. The number of fused-ring (bicyclic) bond motifs is 1. The number of hydrogen-bond acceptors (Lipinski definition) is 5. The molecular weight excluding hydrogens is 274 g/mol. The molecule has 7 heteroatoms. The smallest absolute Gasteiger partial charge is 0.361 e. The fourth-order valence-electron chi connectivity index (χ4n) is 2.07. The first-order chi connectivity index (χ1) is 9.65. The van der Waals surface area contributed by atoms with Crippen molar-refractivity contribution < 1.29 is 0 Å². The Bertz CT molecular complexity index is 759. The molecule has 0 spiro atoms. The normalized spacial score (nSPS) is 12.9. The second-order valence-corrected chi connectivity index (χ2v) is 5.88.